The Morgan fingerprint density at radius 1 is 1.09 bits per heavy atom. The average Bonchev–Trinajstić information content (AvgIpc) is 3.20. The third-order valence-electron chi connectivity index (χ3n) is 6.58. The van der Waals surface area contributed by atoms with E-state index in [1.165, 1.54) is 0 Å². The first-order valence-electron chi connectivity index (χ1n) is 11.7. The van der Waals surface area contributed by atoms with E-state index in [1.807, 2.05) is 36.4 Å². The second kappa shape index (κ2) is 10.0. The number of aliphatic hydroxyl groups is 1. The first-order chi connectivity index (χ1) is 16.7. The second-order valence-electron chi connectivity index (χ2n) is 9.86. The molecular weight excluding hydrogens is 467 g/mol. The van der Waals surface area contributed by atoms with E-state index in [2.05, 4.69) is 50.0 Å². The van der Waals surface area contributed by atoms with Gasteiger partial charge in [0.05, 0.1) is 18.3 Å². The normalized spacial score (nSPS) is 20.8. The number of aliphatic hydroxyl groups excluding tert-OH is 1. The lowest BCUT2D eigenvalue weighted by Crippen LogP contribution is -2.67. The van der Waals surface area contributed by atoms with E-state index in [1.54, 1.807) is 0 Å². The van der Waals surface area contributed by atoms with Crippen LogP contribution in [0.3, 0.4) is 0 Å². The molecule has 1 aromatic heterocycles. The van der Waals surface area contributed by atoms with Crippen molar-refractivity contribution in [2.75, 3.05) is 6.61 Å². The predicted octanol–water partition coefficient (Wildman–Crippen LogP) is 2.23. The molecule has 3 aromatic rings. The summed E-state index contributed by atoms with van der Waals surface area (Å²) in [5.41, 5.74) is -1.65. The summed E-state index contributed by atoms with van der Waals surface area (Å²) < 4.78 is 27.2. The lowest BCUT2D eigenvalue weighted by atomic mass is 10.2. The molecule has 1 aliphatic rings. The van der Waals surface area contributed by atoms with Crippen LogP contribution in [-0.4, -0.2) is 41.8 Å². The maximum Gasteiger partial charge on any atom is 0.330 e. The van der Waals surface area contributed by atoms with Crippen molar-refractivity contribution in [3.8, 4) is 0 Å². The minimum Gasteiger partial charge on any atom is -0.405 e. The van der Waals surface area contributed by atoms with E-state index in [0.29, 0.717) is 0 Å². The van der Waals surface area contributed by atoms with Gasteiger partial charge in [0, 0.05) is 12.6 Å². The van der Waals surface area contributed by atoms with Crippen molar-refractivity contribution in [1.82, 2.24) is 9.55 Å². The Bertz CT molecular complexity index is 1220. The fourth-order valence-corrected chi connectivity index (χ4v) is 9.41. The summed E-state index contributed by atoms with van der Waals surface area (Å²) in [7, 11) is -2.84. The molecule has 186 valence electrons. The number of benzene rings is 2. The smallest absolute Gasteiger partial charge is 0.330 e. The summed E-state index contributed by atoms with van der Waals surface area (Å²) >= 11 is 0. The van der Waals surface area contributed by atoms with Crippen LogP contribution in [0.1, 0.15) is 39.0 Å². The van der Waals surface area contributed by atoms with Crippen molar-refractivity contribution in [3.05, 3.63) is 93.3 Å². The molecule has 0 spiro atoms. The number of hydrogen-bond acceptors (Lipinski definition) is 5. The minimum absolute atomic E-state index is 0.110. The van der Waals surface area contributed by atoms with Crippen molar-refractivity contribution in [2.45, 2.75) is 57.3 Å². The molecule has 2 N–H and O–H groups in total. The SMILES string of the molecule is CC(C)(C)[Si](OC[C@H]1O[C@@H](n2cc(CF)c(=O)[nH]c2=O)C[C@@H]1O)(c1ccccc1)c1ccccc1. The first kappa shape index (κ1) is 25.2. The van der Waals surface area contributed by atoms with Gasteiger partial charge in [-0.1, -0.05) is 81.4 Å². The molecule has 9 heteroatoms. The fourth-order valence-electron chi connectivity index (χ4n) is 4.84. The Labute approximate surface area is 204 Å². The van der Waals surface area contributed by atoms with Crippen LogP contribution in [0.5, 0.6) is 0 Å². The number of halogens is 1. The van der Waals surface area contributed by atoms with Crippen LogP contribution >= 0.6 is 0 Å². The maximum atomic E-state index is 13.2. The molecule has 7 nitrogen and oxygen atoms in total. The minimum atomic E-state index is -2.84. The summed E-state index contributed by atoms with van der Waals surface area (Å²) in [6.45, 7) is 5.58. The summed E-state index contributed by atoms with van der Waals surface area (Å²) in [6.07, 6.45) is -1.16. The molecule has 2 heterocycles. The summed E-state index contributed by atoms with van der Waals surface area (Å²) in [5, 5.41) is 12.7. The van der Waals surface area contributed by atoms with Gasteiger partial charge in [-0.3, -0.25) is 14.3 Å². The van der Waals surface area contributed by atoms with E-state index < -0.39 is 44.7 Å². The molecule has 1 saturated heterocycles. The number of alkyl halides is 1. The molecule has 0 aliphatic carbocycles. The van der Waals surface area contributed by atoms with E-state index in [4.69, 9.17) is 9.16 Å². The summed E-state index contributed by atoms with van der Waals surface area (Å²) in [5.74, 6) is 0. The van der Waals surface area contributed by atoms with Gasteiger partial charge in [0.15, 0.2) is 0 Å². The molecule has 0 saturated carbocycles. The van der Waals surface area contributed by atoms with Crippen molar-refractivity contribution in [1.29, 1.82) is 0 Å². The molecule has 1 fully saturated rings. The van der Waals surface area contributed by atoms with Crippen LogP contribution in [0.25, 0.3) is 0 Å². The number of hydrogen-bond donors (Lipinski definition) is 2. The van der Waals surface area contributed by atoms with Crippen LogP contribution in [0.4, 0.5) is 4.39 Å². The largest absolute Gasteiger partial charge is 0.405 e. The van der Waals surface area contributed by atoms with Crippen molar-refractivity contribution in [2.24, 2.45) is 0 Å². The molecule has 0 amide bonds. The Kier molecular flexibility index (Phi) is 7.23. The van der Waals surface area contributed by atoms with Crippen molar-refractivity contribution >= 4 is 18.7 Å². The zero-order chi connectivity index (χ0) is 25.2. The van der Waals surface area contributed by atoms with Crippen LogP contribution in [0.15, 0.2) is 76.4 Å². The number of aromatic amines is 1. The lowest BCUT2D eigenvalue weighted by Gasteiger charge is -2.43. The number of aromatic nitrogens is 2. The summed E-state index contributed by atoms with van der Waals surface area (Å²) in [6, 6.07) is 20.3. The van der Waals surface area contributed by atoms with Gasteiger partial charge in [0.2, 0.25) is 0 Å². The van der Waals surface area contributed by atoms with Gasteiger partial charge in [-0.15, -0.1) is 0 Å². The third-order valence-corrected chi connectivity index (χ3v) is 11.6. The highest BCUT2D eigenvalue weighted by Gasteiger charge is 2.51. The molecule has 2 aromatic carbocycles. The number of H-pyrrole nitrogens is 1. The lowest BCUT2D eigenvalue weighted by molar-refractivity contribution is -0.0427. The van der Waals surface area contributed by atoms with Crippen LogP contribution < -0.4 is 21.6 Å². The van der Waals surface area contributed by atoms with E-state index in [9.17, 15) is 19.1 Å². The van der Waals surface area contributed by atoms with Gasteiger partial charge >= 0.3 is 5.69 Å². The van der Waals surface area contributed by atoms with Crippen molar-refractivity contribution in [3.63, 3.8) is 0 Å². The number of nitrogens with zero attached hydrogens (tertiary/aromatic N) is 1. The highest BCUT2D eigenvalue weighted by Crippen LogP contribution is 2.38. The van der Waals surface area contributed by atoms with Crippen molar-refractivity contribution < 1.29 is 18.7 Å². The second-order valence-corrected chi connectivity index (χ2v) is 14.2. The van der Waals surface area contributed by atoms with Gasteiger partial charge in [0.1, 0.15) is 19.0 Å². The quantitative estimate of drug-likeness (QED) is 0.488. The van der Waals surface area contributed by atoms with E-state index in [-0.39, 0.29) is 23.6 Å². The average molecular weight is 499 g/mol. The molecular formula is C26H31FN2O5Si. The highest BCUT2D eigenvalue weighted by molar-refractivity contribution is 6.99. The topological polar surface area (TPSA) is 93.5 Å². The van der Waals surface area contributed by atoms with Gasteiger partial charge in [-0.25, -0.2) is 9.18 Å². The molecule has 0 unspecified atom stereocenters. The third kappa shape index (κ3) is 4.81. The van der Waals surface area contributed by atoms with Crippen LogP contribution in [0, 0.1) is 0 Å². The fraction of sp³-hybridized carbons (Fsp3) is 0.385. The summed E-state index contributed by atoms with van der Waals surface area (Å²) in [4.78, 5) is 26.2. The highest BCUT2D eigenvalue weighted by atomic mass is 28.4. The first-order valence-corrected chi connectivity index (χ1v) is 13.6. The Hall–Kier alpha value is -2.85. The van der Waals surface area contributed by atoms with Gasteiger partial charge in [0.25, 0.3) is 13.9 Å². The molecule has 1 aliphatic heterocycles. The Morgan fingerprint density at radius 3 is 2.17 bits per heavy atom. The zero-order valence-electron chi connectivity index (χ0n) is 20.1. The standard InChI is InChI=1S/C26H31FN2O5Si/c1-26(2,3)35(19-10-6-4-7-11-19,20-12-8-5-9-13-20)33-17-22-21(30)14-23(34-22)29-16-18(15-27)24(31)28-25(29)32/h4-13,16,21-23,30H,14-15,17H2,1-3H3,(H,28,31,32)/t21-,22+,23+/m0/s1. The maximum absolute atomic E-state index is 13.2. The molecule has 0 radical (unpaired) electrons. The molecule has 3 atom stereocenters. The molecule has 0 bridgehead atoms. The van der Waals surface area contributed by atoms with Gasteiger partial charge in [-0.2, -0.15) is 0 Å². The van der Waals surface area contributed by atoms with Crippen LogP contribution in [-0.2, 0) is 15.8 Å². The predicted molar refractivity (Wildman–Crippen MR) is 134 cm³/mol. The number of rotatable bonds is 7. The van der Waals surface area contributed by atoms with Crippen LogP contribution in [0.2, 0.25) is 5.04 Å². The van der Waals surface area contributed by atoms with Gasteiger partial charge < -0.3 is 14.3 Å². The number of ether oxygens (including phenoxy) is 1. The molecule has 35 heavy (non-hydrogen) atoms. The molecule has 4 rings (SSSR count). The monoisotopic (exact) mass is 498 g/mol. The van der Waals surface area contributed by atoms with E-state index >= 15 is 0 Å². The van der Waals surface area contributed by atoms with Gasteiger partial charge in [-0.05, 0) is 15.4 Å². The number of nitrogens with one attached hydrogen (secondary N) is 1. The Balaban J connectivity index is 1.65. The zero-order valence-corrected chi connectivity index (χ0v) is 21.1. The van der Waals surface area contributed by atoms with E-state index in [0.717, 1.165) is 21.1 Å². The Morgan fingerprint density at radius 2 is 1.66 bits per heavy atom.